The zero-order valence-corrected chi connectivity index (χ0v) is 19.6. The minimum absolute atomic E-state index is 0.0493. The second-order valence-electron chi connectivity index (χ2n) is 9.29. The van der Waals surface area contributed by atoms with Crippen LogP contribution in [0.1, 0.15) is 28.8 Å². The van der Waals surface area contributed by atoms with Gasteiger partial charge in [0.2, 0.25) is 0 Å². The van der Waals surface area contributed by atoms with Crippen LogP contribution in [0.5, 0.6) is 5.75 Å². The molecular formula is C24H29N3O7. The van der Waals surface area contributed by atoms with Gasteiger partial charge in [0.25, 0.3) is 5.91 Å². The third-order valence-corrected chi connectivity index (χ3v) is 7.68. The first-order chi connectivity index (χ1) is 16.0. The van der Waals surface area contributed by atoms with Crippen molar-refractivity contribution < 1.29 is 34.4 Å². The lowest BCUT2D eigenvalue weighted by atomic mass is 9.54. The maximum Gasteiger partial charge on any atom is 0.255 e. The molecule has 1 unspecified atom stereocenters. The average Bonchev–Trinajstić information content (AvgIpc) is 2.76. The van der Waals surface area contributed by atoms with Crippen LogP contribution in [0.15, 0.2) is 40.9 Å². The Balaban J connectivity index is 2.12. The first kappa shape index (κ1) is 23.9. The molecule has 0 fully saturated rings. The van der Waals surface area contributed by atoms with E-state index < -0.39 is 70.0 Å². The van der Waals surface area contributed by atoms with Crippen molar-refractivity contribution in [3.63, 3.8) is 0 Å². The zero-order chi connectivity index (χ0) is 25.3. The van der Waals surface area contributed by atoms with Crippen molar-refractivity contribution in [1.82, 2.24) is 10.2 Å². The smallest absolute Gasteiger partial charge is 0.255 e. The largest absolute Gasteiger partial charge is 0.510 e. The summed E-state index contributed by atoms with van der Waals surface area (Å²) in [4.78, 5) is 41.3. The van der Waals surface area contributed by atoms with Crippen LogP contribution in [0.4, 0.5) is 0 Å². The van der Waals surface area contributed by atoms with Gasteiger partial charge in [-0.1, -0.05) is 19.1 Å². The highest BCUT2D eigenvalue weighted by atomic mass is 16.5. The predicted octanol–water partition coefficient (Wildman–Crippen LogP) is 0.534. The molecule has 3 aliphatic rings. The number of rotatable bonds is 4. The number of phenols is 1. The van der Waals surface area contributed by atoms with Crippen molar-refractivity contribution in [2.24, 2.45) is 17.6 Å². The summed E-state index contributed by atoms with van der Waals surface area (Å²) in [5, 5.41) is 36.0. The van der Waals surface area contributed by atoms with E-state index >= 15 is 0 Å². The number of Topliss-reactive ketones (excluding diaryl/α,β-unsaturated/α-hetero) is 2. The van der Waals surface area contributed by atoms with Crippen molar-refractivity contribution in [3.05, 3.63) is 52.0 Å². The Morgan fingerprint density at radius 3 is 2.38 bits per heavy atom. The van der Waals surface area contributed by atoms with Crippen molar-refractivity contribution >= 4 is 17.5 Å². The van der Waals surface area contributed by atoms with Gasteiger partial charge in [-0.05, 0) is 38.7 Å². The molecule has 34 heavy (non-hydrogen) atoms. The van der Waals surface area contributed by atoms with Crippen LogP contribution >= 0.6 is 0 Å². The number of likely N-dealkylation sites (N-methyl/N-ethyl adjacent to an activating group) is 2. The molecule has 0 aliphatic heterocycles. The molecule has 10 nitrogen and oxygen atoms in total. The van der Waals surface area contributed by atoms with Gasteiger partial charge in [0.15, 0.2) is 11.6 Å². The fourth-order valence-corrected chi connectivity index (χ4v) is 6.27. The molecule has 0 radical (unpaired) electrons. The minimum Gasteiger partial charge on any atom is -0.510 e. The Morgan fingerprint density at radius 1 is 1.21 bits per heavy atom. The summed E-state index contributed by atoms with van der Waals surface area (Å²) < 4.78 is 5.91. The van der Waals surface area contributed by atoms with Crippen LogP contribution in [-0.4, -0.2) is 83.6 Å². The molecule has 6 atom stereocenters. The predicted molar refractivity (Wildman–Crippen MR) is 121 cm³/mol. The Hall–Kier alpha value is -3.21. The minimum atomic E-state index is -1.98. The summed E-state index contributed by atoms with van der Waals surface area (Å²) in [5.74, 6) is -6.06. The van der Waals surface area contributed by atoms with Gasteiger partial charge in [-0.15, -0.1) is 0 Å². The number of nitrogens with two attached hydrogens (primary N) is 1. The third-order valence-electron chi connectivity index (χ3n) is 7.68. The van der Waals surface area contributed by atoms with Crippen LogP contribution in [0, 0.1) is 11.8 Å². The first-order valence-corrected chi connectivity index (χ1v) is 10.9. The Bertz CT molecular complexity index is 1170. The van der Waals surface area contributed by atoms with Gasteiger partial charge >= 0.3 is 0 Å². The van der Waals surface area contributed by atoms with E-state index in [2.05, 4.69) is 5.32 Å². The van der Waals surface area contributed by atoms with E-state index in [0.717, 1.165) is 0 Å². The molecule has 0 aromatic heterocycles. The van der Waals surface area contributed by atoms with E-state index in [1.807, 2.05) is 6.92 Å². The van der Waals surface area contributed by atoms with Gasteiger partial charge in [0, 0.05) is 24.5 Å². The Kier molecular flexibility index (Phi) is 5.58. The molecule has 1 aromatic carbocycles. The fraction of sp³-hybridized carbons (Fsp3) is 0.458. The van der Waals surface area contributed by atoms with Crippen molar-refractivity contribution in [1.29, 1.82) is 0 Å². The molecule has 1 aromatic rings. The maximum absolute atomic E-state index is 13.8. The van der Waals surface area contributed by atoms with Crippen LogP contribution in [0.2, 0.25) is 0 Å². The summed E-state index contributed by atoms with van der Waals surface area (Å²) in [6.07, 6.45) is -0.847. The van der Waals surface area contributed by atoms with E-state index in [-0.39, 0.29) is 16.9 Å². The molecule has 0 saturated carbocycles. The lowest BCUT2D eigenvalue weighted by Crippen LogP contribution is -2.73. The van der Waals surface area contributed by atoms with Gasteiger partial charge < -0.3 is 31.1 Å². The van der Waals surface area contributed by atoms with Crippen LogP contribution in [0.25, 0.3) is 0 Å². The lowest BCUT2D eigenvalue weighted by molar-refractivity contribution is -0.138. The standard InChI is InChI=1S/C24H29N3O7/c1-9-10-7-6-8-11(28)13(10)18(29)14-12(9)20(34-5)16-17(27(3)4)19(30)15(23(25)33)22(32)24(16,26-2)21(14)31/h6-9,12,16-17,20,26,28,30-31H,1-5H3,(H2,25,33)/t9-,12?,16-,17-,20+,24-/m0/s1. The van der Waals surface area contributed by atoms with E-state index in [0.29, 0.717) is 5.56 Å². The Labute approximate surface area is 196 Å². The number of phenolic OH excluding ortho intramolecular Hbond substituents is 1. The maximum atomic E-state index is 13.8. The van der Waals surface area contributed by atoms with Crippen LogP contribution < -0.4 is 11.1 Å². The number of primary amides is 1. The van der Waals surface area contributed by atoms with E-state index in [9.17, 15) is 29.7 Å². The Morgan fingerprint density at radius 2 is 1.85 bits per heavy atom. The second kappa shape index (κ2) is 7.93. The van der Waals surface area contributed by atoms with E-state index in [1.54, 1.807) is 31.1 Å². The van der Waals surface area contributed by atoms with Crippen molar-refractivity contribution in [2.45, 2.75) is 30.5 Å². The van der Waals surface area contributed by atoms with Crippen molar-refractivity contribution in [2.75, 3.05) is 28.3 Å². The number of benzene rings is 1. The summed E-state index contributed by atoms with van der Waals surface area (Å²) in [5.41, 5.74) is 3.41. The number of aliphatic hydroxyl groups is 2. The number of ether oxygens (including phenoxy) is 1. The van der Waals surface area contributed by atoms with Crippen LogP contribution in [0.3, 0.4) is 0 Å². The molecule has 3 aliphatic carbocycles. The second-order valence-corrected chi connectivity index (χ2v) is 9.29. The number of amides is 1. The molecule has 0 spiro atoms. The summed E-state index contributed by atoms with van der Waals surface area (Å²) in [7, 11) is 6.16. The number of fused-ring (bicyclic) bond motifs is 3. The summed E-state index contributed by atoms with van der Waals surface area (Å²) in [6, 6.07) is 3.80. The van der Waals surface area contributed by atoms with Gasteiger partial charge in [0.1, 0.15) is 28.4 Å². The summed E-state index contributed by atoms with van der Waals surface area (Å²) in [6.45, 7) is 1.85. The number of nitrogens with zero attached hydrogens (tertiary/aromatic N) is 1. The quantitative estimate of drug-likeness (QED) is 0.394. The number of carbonyl (C=O) groups excluding carboxylic acids is 3. The fourth-order valence-electron chi connectivity index (χ4n) is 6.27. The number of hydrogen-bond donors (Lipinski definition) is 5. The molecular weight excluding hydrogens is 442 g/mol. The lowest BCUT2D eigenvalue weighted by Gasteiger charge is -2.56. The van der Waals surface area contributed by atoms with Crippen molar-refractivity contribution in [3.8, 4) is 5.75 Å². The third kappa shape index (κ3) is 2.76. The number of aliphatic hydroxyl groups excluding tert-OH is 2. The monoisotopic (exact) mass is 471 g/mol. The zero-order valence-electron chi connectivity index (χ0n) is 19.6. The van der Waals surface area contributed by atoms with Crippen LogP contribution in [-0.2, 0) is 14.3 Å². The van der Waals surface area contributed by atoms with Gasteiger partial charge in [-0.2, -0.15) is 0 Å². The average molecular weight is 472 g/mol. The number of nitrogens with one attached hydrogen (secondary N) is 1. The molecule has 6 N–H and O–H groups in total. The van der Waals surface area contributed by atoms with E-state index in [1.165, 1.54) is 20.2 Å². The van der Waals surface area contributed by atoms with Gasteiger partial charge in [0.05, 0.1) is 17.7 Å². The van der Waals surface area contributed by atoms with E-state index in [4.69, 9.17) is 10.5 Å². The topological polar surface area (TPSA) is 162 Å². The summed E-state index contributed by atoms with van der Waals surface area (Å²) >= 11 is 0. The highest BCUT2D eigenvalue weighted by molar-refractivity contribution is 6.25. The SMILES string of the molecule is CN[C@@]12C(=O)C(C(N)=O)=C(O)[C@@H](N(C)C)[C@H]1[C@H](OC)C1C(=C2O)C(=O)c2c(O)cccc2[C@@H]1C. The highest BCUT2D eigenvalue weighted by Crippen LogP contribution is 2.56. The number of carbonyl (C=O) groups is 3. The molecule has 10 heteroatoms. The molecule has 1 amide bonds. The number of aromatic hydroxyl groups is 1. The molecule has 4 rings (SSSR count). The number of ketones is 2. The van der Waals surface area contributed by atoms with Gasteiger partial charge in [-0.25, -0.2) is 0 Å². The molecule has 182 valence electrons. The molecule has 0 heterocycles. The first-order valence-electron chi connectivity index (χ1n) is 10.9. The normalized spacial score (nSPS) is 33.1. The molecule has 0 saturated heterocycles. The highest BCUT2D eigenvalue weighted by Gasteiger charge is 2.67. The molecule has 0 bridgehead atoms. The number of hydrogen-bond acceptors (Lipinski definition) is 9. The number of methoxy groups -OCH3 is 1. The van der Waals surface area contributed by atoms with Gasteiger partial charge in [-0.3, -0.25) is 19.3 Å².